The Bertz CT molecular complexity index is 596. The number of hydrogen-bond donors (Lipinski definition) is 1. The van der Waals surface area contributed by atoms with Crippen molar-refractivity contribution in [3.8, 4) is 5.75 Å². The van der Waals surface area contributed by atoms with Crippen molar-refractivity contribution in [3.05, 3.63) is 45.9 Å². The summed E-state index contributed by atoms with van der Waals surface area (Å²) in [6.45, 7) is 5.96. The van der Waals surface area contributed by atoms with Gasteiger partial charge < -0.3 is 10.1 Å². The number of fused-ring (bicyclic) bond motifs is 1. The van der Waals surface area contributed by atoms with Crippen LogP contribution < -0.4 is 10.1 Å². The predicted octanol–water partition coefficient (Wildman–Crippen LogP) is 3.48. The Kier molecular flexibility index (Phi) is 3.76. The number of thiazole rings is 1. The molecule has 1 aliphatic rings. The van der Waals surface area contributed by atoms with Crippen molar-refractivity contribution in [2.75, 3.05) is 13.2 Å². The quantitative estimate of drug-likeness (QED) is 0.935. The molecule has 2 aromatic rings. The van der Waals surface area contributed by atoms with Gasteiger partial charge in [0.15, 0.2) is 0 Å². The van der Waals surface area contributed by atoms with Gasteiger partial charge in [-0.1, -0.05) is 25.1 Å². The Morgan fingerprint density at radius 2 is 2.25 bits per heavy atom. The summed E-state index contributed by atoms with van der Waals surface area (Å²) in [5.74, 6) is 0.982. The molecule has 1 N–H and O–H groups in total. The first-order chi connectivity index (χ1) is 9.76. The minimum absolute atomic E-state index is 0.191. The van der Waals surface area contributed by atoms with Crippen molar-refractivity contribution < 1.29 is 4.74 Å². The predicted molar refractivity (Wildman–Crippen MR) is 82.5 cm³/mol. The Morgan fingerprint density at radius 1 is 1.40 bits per heavy atom. The molecule has 0 radical (unpaired) electrons. The molecular formula is C16H20N2OS. The number of aryl methyl sites for hydroxylation is 1. The summed E-state index contributed by atoms with van der Waals surface area (Å²) in [5, 5.41) is 7.02. The van der Waals surface area contributed by atoms with Gasteiger partial charge in [-0.05, 0) is 26.0 Å². The molecule has 1 aromatic carbocycles. The van der Waals surface area contributed by atoms with Crippen LogP contribution in [-0.2, 0) is 5.54 Å². The fourth-order valence-electron chi connectivity index (χ4n) is 2.76. The van der Waals surface area contributed by atoms with Crippen LogP contribution in [0.5, 0.6) is 5.75 Å². The third-order valence-electron chi connectivity index (χ3n) is 3.74. The molecule has 2 heterocycles. The lowest BCUT2D eigenvalue weighted by Gasteiger charge is -2.38. The molecule has 0 amide bonds. The second-order valence-electron chi connectivity index (χ2n) is 5.22. The van der Waals surface area contributed by atoms with Gasteiger partial charge in [-0.15, -0.1) is 11.3 Å². The molecule has 1 unspecified atom stereocenters. The Labute approximate surface area is 124 Å². The summed E-state index contributed by atoms with van der Waals surface area (Å²) in [6.07, 6.45) is 2.03. The molecule has 20 heavy (non-hydrogen) atoms. The van der Waals surface area contributed by atoms with E-state index in [2.05, 4.69) is 42.7 Å². The van der Waals surface area contributed by atoms with Gasteiger partial charge in [-0.25, -0.2) is 4.98 Å². The number of nitrogens with zero attached hydrogens (tertiary/aromatic N) is 1. The normalized spacial score (nSPS) is 21.3. The van der Waals surface area contributed by atoms with Gasteiger partial charge in [-0.3, -0.25) is 0 Å². The maximum Gasteiger partial charge on any atom is 0.124 e. The Hall–Kier alpha value is -1.39. The molecule has 0 saturated heterocycles. The number of benzene rings is 1. The topological polar surface area (TPSA) is 34.2 Å². The molecular weight excluding hydrogens is 268 g/mol. The van der Waals surface area contributed by atoms with Crippen LogP contribution in [0.15, 0.2) is 29.6 Å². The molecule has 3 nitrogen and oxygen atoms in total. The monoisotopic (exact) mass is 288 g/mol. The first-order valence-electron chi connectivity index (χ1n) is 7.16. The number of ether oxygens (including phenoxy) is 1. The van der Waals surface area contributed by atoms with Crippen molar-refractivity contribution >= 4 is 11.3 Å². The number of para-hydroxylation sites is 1. The molecule has 106 valence electrons. The minimum Gasteiger partial charge on any atom is -0.493 e. The maximum absolute atomic E-state index is 5.82. The fraction of sp³-hybridized carbons (Fsp3) is 0.438. The summed E-state index contributed by atoms with van der Waals surface area (Å²) in [7, 11) is 0. The molecule has 0 aliphatic carbocycles. The van der Waals surface area contributed by atoms with Crippen LogP contribution in [0.3, 0.4) is 0 Å². The smallest absolute Gasteiger partial charge is 0.124 e. The Morgan fingerprint density at radius 3 is 3.00 bits per heavy atom. The third kappa shape index (κ3) is 2.23. The van der Waals surface area contributed by atoms with Gasteiger partial charge in [0.1, 0.15) is 16.3 Å². The largest absolute Gasteiger partial charge is 0.493 e. The van der Waals surface area contributed by atoms with Crippen molar-refractivity contribution in [3.63, 3.8) is 0 Å². The minimum atomic E-state index is -0.191. The lowest BCUT2D eigenvalue weighted by molar-refractivity contribution is 0.210. The van der Waals surface area contributed by atoms with E-state index in [4.69, 9.17) is 9.72 Å². The zero-order valence-corrected chi connectivity index (χ0v) is 12.8. The van der Waals surface area contributed by atoms with Gasteiger partial charge in [0, 0.05) is 23.1 Å². The van der Waals surface area contributed by atoms with E-state index in [0.29, 0.717) is 0 Å². The molecule has 0 saturated carbocycles. The van der Waals surface area contributed by atoms with Gasteiger partial charge >= 0.3 is 0 Å². The van der Waals surface area contributed by atoms with Crippen LogP contribution in [0, 0.1) is 6.92 Å². The fourth-order valence-corrected chi connectivity index (χ4v) is 3.78. The zero-order chi connectivity index (χ0) is 14.0. The zero-order valence-electron chi connectivity index (χ0n) is 12.0. The SMILES string of the molecule is CCCNC1(c2nc(C)cs2)CCOc2ccccc21. The van der Waals surface area contributed by atoms with Crippen molar-refractivity contribution in [1.29, 1.82) is 0 Å². The lowest BCUT2D eigenvalue weighted by Crippen LogP contribution is -2.47. The first kappa shape index (κ1) is 13.6. The average molecular weight is 288 g/mol. The van der Waals surface area contributed by atoms with E-state index in [9.17, 15) is 0 Å². The second kappa shape index (κ2) is 5.54. The molecule has 1 aromatic heterocycles. The Balaban J connectivity index is 2.12. The highest BCUT2D eigenvalue weighted by molar-refractivity contribution is 7.09. The highest BCUT2D eigenvalue weighted by Gasteiger charge is 2.41. The number of aromatic nitrogens is 1. The van der Waals surface area contributed by atoms with E-state index in [1.807, 2.05) is 6.07 Å². The van der Waals surface area contributed by atoms with E-state index in [1.165, 1.54) is 5.56 Å². The average Bonchev–Trinajstić information content (AvgIpc) is 2.92. The summed E-state index contributed by atoms with van der Waals surface area (Å²) in [5.41, 5.74) is 2.12. The molecule has 4 heteroatoms. The molecule has 1 aliphatic heterocycles. The van der Waals surface area contributed by atoms with Crippen LogP contribution in [0.2, 0.25) is 0 Å². The van der Waals surface area contributed by atoms with Crippen LogP contribution in [-0.4, -0.2) is 18.1 Å². The van der Waals surface area contributed by atoms with E-state index < -0.39 is 0 Å². The highest BCUT2D eigenvalue weighted by Crippen LogP contribution is 2.42. The van der Waals surface area contributed by atoms with Gasteiger partial charge in [-0.2, -0.15) is 0 Å². The second-order valence-corrected chi connectivity index (χ2v) is 6.08. The van der Waals surface area contributed by atoms with Crippen LogP contribution >= 0.6 is 11.3 Å². The summed E-state index contributed by atoms with van der Waals surface area (Å²) >= 11 is 1.74. The van der Waals surface area contributed by atoms with Crippen LogP contribution in [0.4, 0.5) is 0 Å². The van der Waals surface area contributed by atoms with Crippen LogP contribution in [0.25, 0.3) is 0 Å². The molecule has 1 atom stereocenters. The number of rotatable bonds is 4. The summed E-state index contributed by atoms with van der Waals surface area (Å²) in [4.78, 5) is 4.76. The molecule has 0 fully saturated rings. The number of hydrogen-bond acceptors (Lipinski definition) is 4. The van der Waals surface area contributed by atoms with Gasteiger partial charge in [0.25, 0.3) is 0 Å². The van der Waals surface area contributed by atoms with E-state index in [0.717, 1.165) is 42.4 Å². The maximum atomic E-state index is 5.82. The standard InChI is InChI=1S/C16H20N2OS/c1-3-9-17-16(15-18-12(2)11-20-15)8-10-19-14-7-5-4-6-13(14)16/h4-7,11,17H,3,8-10H2,1-2H3. The van der Waals surface area contributed by atoms with Crippen molar-refractivity contribution in [2.45, 2.75) is 32.2 Å². The van der Waals surface area contributed by atoms with Crippen molar-refractivity contribution in [1.82, 2.24) is 10.3 Å². The van der Waals surface area contributed by atoms with E-state index >= 15 is 0 Å². The van der Waals surface area contributed by atoms with Gasteiger partial charge in [0.05, 0.1) is 6.61 Å². The van der Waals surface area contributed by atoms with E-state index in [1.54, 1.807) is 11.3 Å². The lowest BCUT2D eigenvalue weighted by atomic mass is 9.84. The molecule has 0 bridgehead atoms. The van der Waals surface area contributed by atoms with Crippen molar-refractivity contribution in [2.24, 2.45) is 0 Å². The summed E-state index contributed by atoms with van der Waals surface area (Å²) in [6, 6.07) is 8.32. The van der Waals surface area contributed by atoms with Crippen LogP contribution in [0.1, 0.15) is 36.0 Å². The first-order valence-corrected chi connectivity index (χ1v) is 8.04. The molecule has 3 rings (SSSR count). The van der Waals surface area contributed by atoms with Gasteiger partial charge in [0.2, 0.25) is 0 Å². The van der Waals surface area contributed by atoms with E-state index in [-0.39, 0.29) is 5.54 Å². The highest BCUT2D eigenvalue weighted by atomic mass is 32.1. The summed E-state index contributed by atoms with van der Waals surface area (Å²) < 4.78 is 5.82. The molecule has 0 spiro atoms. The number of nitrogens with one attached hydrogen (secondary N) is 1. The third-order valence-corrected chi connectivity index (χ3v) is 4.86.